The van der Waals surface area contributed by atoms with Crippen molar-refractivity contribution in [2.75, 3.05) is 18.9 Å². The smallest absolute Gasteiger partial charge is 0.410 e. The van der Waals surface area contributed by atoms with Gasteiger partial charge in [0.05, 0.1) is 30.8 Å². The summed E-state index contributed by atoms with van der Waals surface area (Å²) in [7, 11) is 0. The lowest BCUT2D eigenvalue weighted by molar-refractivity contribution is 0.0237. The number of hydrogen-bond donors (Lipinski definition) is 3. The number of nitrogens with zero attached hydrogens (tertiary/aromatic N) is 4. The summed E-state index contributed by atoms with van der Waals surface area (Å²) in [6.45, 7) is 9.49. The Labute approximate surface area is 234 Å². The summed E-state index contributed by atoms with van der Waals surface area (Å²) in [4.78, 5) is 24.0. The number of benzene rings is 2. The average Bonchev–Trinajstić information content (AvgIpc) is 3.28. The molecule has 5 N–H and O–H groups in total. The van der Waals surface area contributed by atoms with E-state index in [4.69, 9.17) is 31.3 Å². The van der Waals surface area contributed by atoms with Gasteiger partial charge in [-0.25, -0.2) is 14.8 Å². The number of allylic oxidation sites excluding steroid dienone is 1. The Morgan fingerprint density at radius 1 is 1.15 bits per heavy atom. The van der Waals surface area contributed by atoms with Gasteiger partial charge in [-0.15, -0.1) is 0 Å². The Bertz CT molecular complexity index is 1540. The van der Waals surface area contributed by atoms with E-state index in [2.05, 4.69) is 4.98 Å². The normalized spacial score (nSPS) is 12.2. The number of nitrogen functional groups attached to an aromatic ring is 1. The number of amides is 1. The lowest BCUT2D eigenvalue weighted by Gasteiger charge is -2.26. The van der Waals surface area contributed by atoms with Crippen LogP contribution in [0.5, 0.6) is 0 Å². The van der Waals surface area contributed by atoms with Crippen LogP contribution in [0.1, 0.15) is 44.6 Å². The van der Waals surface area contributed by atoms with Crippen molar-refractivity contribution in [3.63, 3.8) is 0 Å². The number of imidazole rings is 1. The number of carbonyl (C=O) groups excluding carboxylic acids is 1. The predicted octanol–water partition coefficient (Wildman–Crippen LogP) is 5.09. The van der Waals surface area contributed by atoms with Gasteiger partial charge in [-0.2, -0.15) is 0 Å². The molecule has 0 unspecified atom stereocenters. The molecule has 0 aliphatic carbocycles. The minimum absolute atomic E-state index is 0.229. The molecule has 1 amide bonds. The molecule has 0 radical (unpaired) electrons. The van der Waals surface area contributed by atoms with Crippen LogP contribution in [0.2, 0.25) is 0 Å². The van der Waals surface area contributed by atoms with Crippen LogP contribution in [0.25, 0.3) is 27.6 Å². The van der Waals surface area contributed by atoms with E-state index in [-0.39, 0.29) is 12.4 Å². The van der Waals surface area contributed by atoms with Gasteiger partial charge >= 0.3 is 6.09 Å². The van der Waals surface area contributed by atoms with E-state index in [0.717, 1.165) is 28.2 Å². The van der Waals surface area contributed by atoms with E-state index in [0.29, 0.717) is 48.9 Å². The minimum Gasteiger partial charge on any atom is -0.444 e. The van der Waals surface area contributed by atoms with Gasteiger partial charge in [0.2, 0.25) is 0 Å². The monoisotopic (exact) mass is 543 g/mol. The molecule has 0 aliphatic heterocycles. The highest BCUT2D eigenvalue weighted by atomic mass is 16.6. The van der Waals surface area contributed by atoms with Crippen LogP contribution in [0.4, 0.5) is 10.6 Å². The Kier molecular flexibility index (Phi) is 8.69. The number of hydrogen-bond acceptors (Lipinski definition) is 8. The number of rotatable bonds is 10. The summed E-state index contributed by atoms with van der Waals surface area (Å²) >= 11 is 0. The molecule has 2 heterocycles. The van der Waals surface area contributed by atoms with Crippen molar-refractivity contribution in [2.24, 2.45) is 5.73 Å². The quantitative estimate of drug-likeness (QED) is 0.187. The predicted molar refractivity (Wildman–Crippen MR) is 159 cm³/mol. The van der Waals surface area contributed by atoms with Crippen LogP contribution >= 0.6 is 0 Å². The topological polar surface area (TPSA) is 145 Å². The molecule has 4 aromatic rings. The van der Waals surface area contributed by atoms with Crippen LogP contribution in [0.3, 0.4) is 0 Å². The van der Waals surface area contributed by atoms with E-state index < -0.39 is 11.7 Å². The molecule has 2 aromatic heterocycles. The lowest BCUT2D eigenvalue weighted by Crippen LogP contribution is -2.37. The zero-order valence-corrected chi connectivity index (χ0v) is 23.5. The van der Waals surface area contributed by atoms with Gasteiger partial charge in [0.1, 0.15) is 16.9 Å². The zero-order valence-electron chi connectivity index (χ0n) is 23.5. The van der Waals surface area contributed by atoms with Gasteiger partial charge in [0.25, 0.3) is 0 Å². The summed E-state index contributed by atoms with van der Waals surface area (Å²) in [6.07, 6.45) is 2.25. The molecular formula is C30H37N7O3. The zero-order chi connectivity index (χ0) is 28.9. The van der Waals surface area contributed by atoms with Crippen molar-refractivity contribution in [2.45, 2.75) is 53.0 Å². The Morgan fingerprint density at radius 3 is 2.58 bits per heavy atom. The van der Waals surface area contributed by atoms with Crippen LogP contribution in [-0.2, 0) is 29.2 Å². The van der Waals surface area contributed by atoms with Crippen molar-refractivity contribution in [1.82, 2.24) is 19.4 Å². The van der Waals surface area contributed by atoms with Gasteiger partial charge < -0.3 is 35.8 Å². The molecule has 0 aliphatic rings. The number of pyridine rings is 1. The molecule has 0 spiro atoms. The van der Waals surface area contributed by atoms with Gasteiger partial charge in [-0.3, -0.25) is 0 Å². The Morgan fingerprint density at radius 2 is 1.90 bits per heavy atom. The standard InChI is InChI=1S/C30H37N7O3/c1-5-36(29(38)40-30(2,3)4)18-25-35-26-27(37(25)15-16-39-19-20-9-7-6-8-10-20)22-12-11-21(23(32)13-14-31)17-24(22)34-28(26)33/h6-14,17,31H,5,15-16,18-19,32H2,1-4H3,(H2,33,34)/b23-13-,31-14?. The summed E-state index contributed by atoms with van der Waals surface area (Å²) in [6, 6.07) is 15.7. The molecule has 2 aromatic carbocycles. The van der Waals surface area contributed by atoms with Crippen LogP contribution in [0.15, 0.2) is 54.6 Å². The molecule has 40 heavy (non-hydrogen) atoms. The van der Waals surface area contributed by atoms with Crippen molar-refractivity contribution in [1.29, 1.82) is 5.41 Å². The highest BCUT2D eigenvalue weighted by Crippen LogP contribution is 2.31. The fourth-order valence-electron chi connectivity index (χ4n) is 4.41. The average molecular weight is 544 g/mol. The summed E-state index contributed by atoms with van der Waals surface area (Å²) in [5.41, 5.74) is 16.2. The number of aromatic nitrogens is 3. The minimum atomic E-state index is -0.619. The largest absolute Gasteiger partial charge is 0.444 e. The van der Waals surface area contributed by atoms with Crippen molar-refractivity contribution >= 4 is 45.8 Å². The molecule has 4 rings (SSSR count). The number of fused-ring (bicyclic) bond motifs is 3. The second-order valence-corrected chi connectivity index (χ2v) is 10.4. The van der Waals surface area contributed by atoms with Crippen molar-refractivity contribution in [3.05, 3.63) is 71.6 Å². The van der Waals surface area contributed by atoms with Crippen molar-refractivity contribution < 1.29 is 14.3 Å². The first-order valence-electron chi connectivity index (χ1n) is 13.3. The van der Waals surface area contributed by atoms with E-state index >= 15 is 0 Å². The second kappa shape index (κ2) is 12.2. The second-order valence-electron chi connectivity index (χ2n) is 10.4. The number of nitrogens with two attached hydrogens (primary N) is 2. The third-order valence-corrected chi connectivity index (χ3v) is 6.32. The maximum absolute atomic E-state index is 12.9. The van der Waals surface area contributed by atoms with Gasteiger partial charge in [0.15, 0.2) is 5.82 Å². The third kappa shape index (κ3) is 6.58. The van der Waals surface area contributed by atoms with Crippen LogP contribution < -0.4 is 11.5 Å². The lowest BCUT2D eigenvalue weighted by atomic mass is 10.1. The summed E-state index contributed by atoms with van der Waals surface area (Å²) in [5.74, 6) is 0.930. The number of ether oxygens (including phenoxy) is 2. The van der Waals surface area contributed by atoms with E-state index in [9.17, 15) is 4.79 Å². The SMILES string of the molecule is CCN(Cc1nc2c(N)nc3cc(/C(N)=C/C=N)ccc3c2n1CCOCc1ccccc1)C(=O)OC(C)(C)C. The molecule has 0 fully saturated rings. The van der Waals surface area contributed by atoms with Gasteiger partial charge in [-0.05, 0) is 57.0 Å². The van der Waals surface area contributed by atoms with E-state index in [1.807, 2.05) is 80.8 Å². The van der Waals surface area contributed by atoms with E-state index in [1.165, 1.54) is 6.08 Å². The maximum Gasteiger partial charge on any atom is 0.410 e. The Balaban J connectivity index is 1.75. The van der Waals surface area contributed by atoms with Crippen LogP contribution in [0, 0.1) is 5.41 Å². The van der Waals surface area contributed by atoms with Gasteiger partial charge in [-0.1, -0.05) is 36.4 Å². The number of carbonyl (C=O) groups is 1. The number of nitrogens with one attached hydrogen (secondary N) is 1. The first-order valence-corrected chi connectivity index (χ1v) is 13.3. The van der Waals surface area contributed by atoms with Crippen molar-refractivity contribution in [3.8, 4) is 0 Å². The van der Waals surface area contributed by atoms with Crippen LogP contribution in [-0.4, -0.2) is 50.5 Å². The fourth-order valence-corrected chi connectivity index (χ4v) is 4.41. The Hall–Kier alpha value is -4.44. The third-order valence-electron chi connectivity index (χ3n) is 6.32. The highest BCUT2D eigenvalue weighted by Gasteiger charge is 2.25. The molecule has 0 saturated heterocycles. The molecule has 0 atom stereocenters. The first kappa shape index (κ1) is 28.6. The first-order chi connectivity index (χ1) is 19.1. The van der Waals surface area contributed by atoms with Gasteiger partial charge in [0, 0.05) is 30.4 Å². The molecule has 10 nitrogen and oxygen atoms in total. The summed E-state index contributed by atoms with van der Waals surface area (Å²) < 4.78 is 13.7. The van der Waals surface area contributed by atoms with E-state index in [1.54, 1.807) is 4.90 Å². The maximum atomic E-state index is 12.9. The summed E-state index contributed by atoms with van der Waals surface area (Å²) in [5, 5.41) is 8.17. The molecular weight excluding hydrogens is 506 g/mol. The molecule has 0 bridgehead atoms. The molecule has 0 saturated carbocycles. The molecule has 10 heteroatoms. The number of anilines is 1. The molecule has 210 valence electrons. The highest BCUT2D eigenvalue weighted by molar-refractivity contribution is 6.07. The fraction of sp³-hybridized carbons (Fsp3) is 0.333.